The molecule has 5 nitrogen and oxygen atoms in total. The highest BCUT2D eigenvalue weighted by molar-refractivity contribution is 5.81. The van der Waals surface area contributed by atoms with E-state index in [1.807, 2.05) is 6.92 Å². The van der Waals surface area contributed by atoms with E-state index in [0.29, 0.717) is 6.54 Å². The highest BCUT2D eigenvalue weighted by Crippen LogP contribution is 2.25. The van der Waals surface area contributed by atoms with E-state index in [0.717, 1.165) is 30.3 Å². The normalized spacial score (nSPS) is 16.1. The molecule has 1 aromatic heterocycles. The Morgan fingerprint density at radius 2 is 2.00 bits per heavy atom. The standard InChI is InChI=1S/C13H18N2O3/c1-2-14-8-7-12(17)15(13(14)18)9-11(16)10-5-3-4-6-10/h7-8,10H,2-6,9H2,1H3. The van der Waals surface area contributed by atoms with Crippen LogP contribution in [0.2, 0.25) is 0 Å². The summed E-state index contributed by atoms with van der Waals surface area (Å²) in [5, 5.41) is 0. The van der Waals surface area contributed by atoms with Crippen LogP contribution in [0.5, 0.6) is 0 Å². The summed E-state index contributed by atoms with van der Waals surface area (Å²) in [5.74, 6) is 0.0483. The van der Waals surface area contributed by atoms with Gasteiger partial charge in [0, 0.05) is 24.7 Å². The Balaban J connectivity index is 2.25. The lowest BCUT2D eigenvalue weighted by Crippen LogP contribution is -2.41. The van der Waals surface area contributed by atoms with E-state index in [2.05, 4.69) is 0 Å². The van der Waals surface area contributed by atoms with Crippen molar-refractivity contribution in [2.45, 2.75) is 45.7 Å². The zero-order valence-electron chi connectivity index (χ0n) is 10.6. The molecule has 0 amide bonds. The molecule has 1 heterocycles. The first-order chi connectivity index (χ1) is 8.63. The summed E-state index contributed by atoms with van der Waals surface area (Å²) in [7, 11) is 0. The van der Waals surface area contributed by atoms with E-state index in [1.54, 1.807) is 0 Å². The molecule has 0 N–H and O–H groups in total. The van der Waals surface area contributed by atoms with Gasteiger partial charge in [0.2, 0.25) is 0 Å². The molecular formula is C13H18N2O3. The Morgan fingerprint density at radius 1 is 1.33 bits per heavy atom. The Hall–Kier alpha value is -1.65. The molecule has 0 unspecified atom stereocenters. The molecule has 0 aliphatic heterocycles. The van der Waals surface area contributed by atoms with E-state index in [1.165, 1.54) is 16.8 Å². The van der Waals surface area contributed by atoms with Crippen molar-refractivity contribution in [3.8, 4) is 0 Å². The van der Waals surface area contributed by atoms with Gasteiger partial charge < -0.3 is 4.57 Å². The minimum absolute atomic E-state index is 0.0144. The van der Waals surface area contributed by atoms with Crippen LogP contribution in [0.25, 0.3) is 0 Å². The van der Waals surface area contributed by atoms with Gasteiger partial charge in [-0.3, -0.25) is 14.2 Å². The lowest BCUT2D eigenvalue weighted by molar-refractivity contribution is -0.123. The molecule has 98 valence electrons. The first-order valence-corrected chi connectivity index (χ1v) is 6.46. The molecule has 0 bridgehead atoms. The van der Waals surface area contributed by atoms with Crippen molar-refractivity contribution in [3.05, 3.63) is 33.1 Å². The van der Waals surface area contributed by atoms with Crippen molar-refractivity contribution in [2.75, 3.05) is 0 Å². The van der Waals surface area contributed by atoms with Crippen LogP contribution in [0.15, 0.2) is 21.9 Å². The lowest BCUT2D eigenvalue weighted by Gasteiger charge is -2.10. The zero-order chi connectivity index (χ0) is 13.1. The van der Waals surface area contributed by atoms with Gasteiger partial charge in [0.1, 0.15) is 0 Å². The molecule has 0 radical (unpaired) electrons. The van der Waals surface area contributed by atoms with E-state index < -0.39 is 11.2 Å². The molecule has 0 spiro atoms. The maximum absolute atomic E-state index is 12.0. The zero-order valence-corrected chi connectivity index (χ0v) is 10.6. The second-order valence-electron chi connectivity index (χ2n) is 4.76. The molecule has 2 rings (SSSR count). The van der Waals surface area contributed by atoms with Crippen LogP contribution in [0.3, 0.4) is 0 Å². The second kappa shape index (κ2) is 5.33. The molecule has 0 saturated heterocycles. The highest BCUT2D eigenvalue weighted by Gasteiger charge is 2.23. The van der Waals surface area contributed by atoms with Crippen LogP contribution >= 0.6 is 0 Å². The molecule has 1 aliphatic rings. The van der Waals surface area contributed by atoms with Crippen molar-refractivity contribution in [1.82, 2.24) is 9.13 Å². The van der Waals surface area contributed by atoms with Crippen molar-refractivity contribution in [2.24, 2.45) is 5.92 Å². The molecule has 1 aliphatic carbocycles. The summed E-state index contributed by atoms with van der Waals surface area (Å²) in [6.45, 7) is 2.24. The van der Waals surface area contributed by atoms with Gasteiger partial charge in [-0.15, -0.1) is 0 Å². The Labute approximate surface area is 105 Å². The maximum Gasteiger partial charge on any atom is 0.331 e. The smallest absolute Gasteiger partial charge is 0.301 e. The summed E-state index contributed by atoms with van der Waals surface area (Å²) in [5.41, 5.74) is -0.785. The van der Waals surface area contributed by atoms with Crippen LogP contribution in [0.4, 0.5) is 0 Å². The number of carbonyl (C=O) groups excluding carboxylic acids is 1. The van der Waals surface area contributed by atoms with Crippen LogP contribution in [0.1, 0.15) is 32.6 Å². The molecule has 18 heavy (non-hydrogen) atoms. The number of Topliss-reactive ketones (excluding diaryl/α,β-unsaturated/α-hetero) is 1. The molecule has 0 aromatic carbocycles. The van der Waals surface area contributed by atoms with Gasteiger partial charge in [-0.1, -0.05) is 12.8 Å². The first kappa shape index (κ1) is 12.8. The minimum atomic E-state index is -0.393. The summed E-state index contributed by atoms with van der Waals surface area (Å²) in [4.78, 5) is 35.6. The third kappa shape index (κ3) is 2.44. The SMILES string of the molecule is CCn1ccc(=O)n(CC(=O)C2CCCC2)c1=O. The highest BCUT2D eigenvalue weighted by atomic mass is 16.2. The predicted molar refractivity (Wildman–Crippen MR) is 67.6 cm³/mol. The van der Waals surface area contributed by atoms with Gasteiger partial charge >= 0.3 is 5.69 Å². The van der Waals surface area contributed by atoms with E-state index >= 15 is 0 Å². The summed E-state index contributed by atoms with van der Waals surface area (Å²) in [6, 6.07) is 1.34. The van der Waals surface area contributed by atoms with Crippen LogP contribution in [-0.2, 0) is 17.9 Å². The van der Waals surface area contributed by atoms with Gasteiger partial charge in [-0.25, -0.2) is 4.79 Å². The topological polar surface area (TPSA) is 61.1 Å². The number of carbonyl (C=O) groups is 1. The van der Waals surface area contributed by atoms with Crippen molar-refractivity contribution < 1.29 is 4.79 Å². The number of hydrogen-bond donors (Lipinski definition) is 0. The Morgan fingerprint density at radius 3 is 2.61 bits per heavy atom. The summed E-state index contributed by atoms with van der Waals surface area (Å²) >= 11 is 0. The van der Waals surface area contributed by atoms with Crippen molar-refractivity contribution in [1.29, 1.82) is 0 Å². The van der Waals surface area contributed by atoms with Gasteiger partial charge in [0.15, 0.2) is 5.78 Å². The monoisotopic (exact) mass is 250 g/mol. The van der Waals surface area contributed by atoms with E-state index in [-0.39, 0.29) is 18.2 Å². The molecule has 1 fully saturated rings. The first-order valence-electron chi connectivity index (χ1n) is 6.46. The fraction of sp³-hybridized carbons (Fsp3) is 0.615. The number of hydrogen-bond acceptors (Lipinski definition) is 3. The van der Waals surface area contributed by atoms with E-state index in [4.69, 9.17) is 0 Å². The van der Waals surface area contributed by atoms with Gasteiger partial charge in [-0.2, -0.15) is 0 Å². The van der Waals surface area contributed by atoms with Gasteiger partial charge in [-0.05, 0) is 19.8 Å². The quantitative estimate of drug-likeness (QED) is 0.793. The molecule has 1 saturated carbocycles. The van der Waals surface area contributed by atoms with Crippen LogP contribution in [0, 0.1) is 5.92 Å². The number of aryl methyl sites for hydroxylation is 1. The second-order valence-corrected chi connectivity index (χ2v) is 4.76. The molecule has 0 atom stereocenters. The molecule has 1 aromatic rings. The fourth-order valence-electron chi connectivity index (χ4n) is 2.48. The van der Waals surface area contributed by atoms with Gasteiger partial charge in [0.05, 0.1) is 6.54 Å². The largest absolute Gasteiger partial charge is 0.331 e. The van der Waals surface area contributed by atoms with E-state index in [9.17, 15) is 14.4 Å². The number of rotatable bonds is 4. The average molecular weight is 250 g/mol. The third-order valence-electron chi connectivity index (χ3n) is 3.60. The van der Waals surface area contributed by atoms with Gasteiger partial charge in [0.25, 0.3) is 5.56 Å². The van der Waals surface area contributed by atoms with Crippen LogP contribution < -0.4 is 11.2 Å². The summed E-state index contributed by atoms with van der Waals surface area (Å²) in [6.07, 6.45) is 5.39. The number of aromatic nitrogens is 2. The van der Waals surface area contributed by atoms with Crippen LogP contribution in [-0.4, -0.2) is 14.9 Å². The summed E-state index contributed by atoms with van der Waals surface area (Å²) < 4.78 is 2.48. The lowest BCUT2D eigenvalue weighted by atomic mass is 10.0. The fourth-order valence-corrected chi connectivity index (χ4v) is 2.48. The Bertz CT molecular complexity index is 550. The van der Waals surface area contributed by atoms with Crippen molar-refractivity contribution >= 4 is 5.78 Å². The predicted octanol–water partition coefficient (Wildman–Crippen LogP) is 0.789. The third-order valence-corrected chi connectivity index (χ3v) is 3.60. The minimum Gasteiger partial charge on any atom is -0.301 e. The average Bonchev–Trinajstić information content (AvgIpc) is 2.88. The molecule has 5 heteroatoms. The number of nitrogens with zero attached hydrogens (tertiary/aromatic N) is 2. The Kier molecular flexibility index (Phi) is 3.79. The molecular weight excluding hydrogens is 232 g/mol. The number of ketones is 1. The maximum atomic E-state index is 12.0. The van der Waals surface area contributed by atoms with Crippen molar-refractivity contribution in [3.63, 3.8) is 0 Å².